The van der Waals surface area contributed by atoms with Crippen molar-refractivity contribution in [2.75, 3.05) is 6.54 Å². The van der Waals surface area contributed by atoms with Crippen LogP contribution in [0.1, 0.15) is 37.8 Å². The smallest absolute Gasteiger partial charge is 0.226 e. The van der Waals surface area contributed by atoms with Crippen LogP contribution in [-0.2, 0) is 4.79 Å². The van der Waals surface area contributed by atoms with Gasteiger partial charge >= 0.3 is 0 Å². The van der Waals surface area contributed by atoms with E-state index in [1.807, 2.05) is 37.3 Å². The molecular formula is C14H21ClN2O. The quantitative estimate of drug-likeness (QED) is 0.881. The van der Waals surface area contributed by atoms with Crippen molar-refractivity contribution in [3.63, 3.8) is 0 Å². The van der Waals surface area contributed by atoms with Crippen molar-refractivity contribution in [2.24, 2.45) is 11.1 Å². The second kappa shape index (κ2) is 6.21. The normalized spacial score (nSPS) is 18.1. The average molecular weight is 269 g/mol. The highest BCUT2D eigenvalue weighted by Crippen LogP contribution is 2.40. The first-order valence-electron chi connectivity index (χ1n) is 6.21. The van der Waals surface area contributed by atoms with Crippen LogP contribution in [0.3, 0.4) is 0 Å². The highest BCUT2D eigenvalue weighted by atomic mass is 35.5. The largest absolute Gasteiger partial charge is 0.354 e. The highest BCUT2D eigenvalue weighted by molar-refractivity contribution is 5.85. The topological polar surface area (TPSA) is 55.1 Å². The van der Waals surface area contributed by atoms with Gasteiger partial charge in [0.05, 0.1) is 0 Å². The van der Waals surface area contributed by atoms with Gasteiger partial charge in [-0.3, -0.25) is 4.79 Å². The van der Waals surface area contributed by atoms with Crippen molar-refractivity contribution < 1.29 is 4.79 Å². The fourth-order valence-electron chi connectivity index (χ4n) is 2.17. The third-order valence-electron chi connectivity index (χ3n) is 3.72. The fourth-order valence-corrected chi connectivity index (χ4v) is 2.17. The average Bonchev–Trinajstić information content (AvgIpc) is 2.33. The van der Waals surface area contributed by atoms with Crippen molar-refractivity contribution in [3.05, 3.63) is 35.9 Å². The van der Waals surface area contributed by atoms with Gasteiger partial charge in [0.15, 0.2) is 0 Å². The predicted octanol–water partition coefficient (Wildman–Crippen LogP) is 2.41. The molecule has 1 amide bonds. The van der Waals surface area contributed by atoms with E-state index in [0.29, 0.717) is 6.54 Å². The van der Waals surface area contributed by atoms with Crippen LogP contribution in [0.4, 0.5) is 0 Å². The molecule has 1 aliphatic carbocycles. The molecule has 1 fully saturated rings. The molecule has 0 aliphatic heterocycles. The molecule has 1 aromatic carbocycles. The number of hydrogen-bond acceptors (Lipinski definition) is 2. The SMILES string of the molecule is CC1(C(=O)NCC(N)c2ccccc2)CCC1.Cl. The molecule has 1 unspecified atom stereocenters. The molecule has 0 radical (unpaired) electrons. The molecule has 1 saturated carbocycles. The van der Waals surface area contributed by atoms with Crippen LogP contribution in [0, 0.1) is 5.41 Å². The van der Waals surface area contributed by atoms with E-state index in [9.17, 15) is 4.79 Å². The number of nitrogens with two attached hydrogens (primary N) is 1. The number of benzene rings is 1. The summed E-state index contributed by atoms with van der Waals surface area (Å²) < 4.78 is 0. The van der Waals surface area contributed by atoms with Gasteiger partial charge in [0.2, 0.25) is 5.91 Å². The number of nitrogens with one attached hydrogen (secondary N) is 1. The third-order valence-corrected chi connectivity index (χ3v) is 3.72. The summed E-state index contributed by atoms with van der Waals surface area (Å²) in [5.74, 6) is 0.148. The van der Waals surface area contributed by atoms with Gasteiger partial charge in [0.25, 0.3) is 0 Å². The molecule has 1 atom stereocenters. The lowest BCUT2D eigenvalue weighted by Gasteiger charge is -2.36. The van der Waals surface area contributed by atoms with Gasteiger partial charge in [-0.05, 0) is 18.4 Å². The van der Waals surface area contributed by atoms with Crippen LogP contribution in [0.15, 0.2) is 30.3 Å². The molecule has 1 aromatic rings. The maximum Gasteiger partial charge on any atom is 0.226 e. The Bertz CT molecular complexity index is 390. The first kappa shape index (κ1) is 15.0. The molecule has 3 N–H and O–H groups in total. The zero-order valence-electron chi connectivity index (χ0n) is 10.7. The van der Waals surface area contributed by atoms with Crippen LogP contribution < -0.4 is 11.1 Å². The Morgan fingerprint density at radius 2 is 2.00 bits per heavy atom. The van der Waals surface area contributed by atoms with Crippen LogP contribution in [-0.4, -0.2) is 12.5 Å². The lowest BCUT2D eigenvalue weighted by Crippen LogP contribution is -2.45. The number of carbonyl (C=O) groups is 1. The van der Waals surface area contributed by atoms with E-state index in [4.69, 9.17) is 5.73 Å². The monoisotopic (exact) mass is 268 g/mol. The van der Waals surface area contributed by atoms with E-state index < -0.39 is 0 Å². The molecule has 4 heteroatoms. The van der Waals surface area contributed by atoms with Gasteiger partial charge in [0, 0.05) is 18.0 Å². The van der Waals surface area contributed by atoms with Crippen LogP contribution in [0.25, 0.3) is 0 Å². The van der Waals surface area contributed by atoms with E-state index in [1.54, 1.807) is 0 Å². The van der Waals surface area contributed by atoms with Crippen molar-refractivity contribution in [2.45, 2.75) is 32.2 Å². The van der Waals surface area contributed by atoms with Gasteiger partial charge < -0.3 is 11.1 Å². The molecule has 2 rings (SSSR count). The number of halogens is 1. The van der Waals surface area contributed by atoms with E-state index in [-0.39, 0.29) is 29.8 Å². The minimum atomic E-state index is -0.142. The number of carbonyl (C=O) groups excluding carboxylic acids is 1. The first-order valence-corrected chi connectivity index (χ1v) is 6.21. The summed E-state index contributed by atoms with van der Waals surface area (Å²) in [7, 11) is 0. The Labute approximate surface area is 115 Å². The Balaban J connectivity index is 0.00000162. The van der Waals surface area contributed by atoms with E-state index in [2.05, 4.69) is 5.32 Å². The fraction of sp³-hybridized carbons (Fsp3) is 0.500. The lowest BCUT2D eigenvalue weighted by molar-refractivity contribution is -0.134. The summed E-state index contributed by atoms with van der Waals surface area (Å²) in [5.41, 5.74) is 6.95. The zero-order chi connectivity index (χ0) is 12.3. The zero-order valence-corrected chi connectivity index (χ0v) is 11.5. The Morgan fingerprint density at radius 3 is 2.50 bits per heavy atom. The summed E-state index contributed by atoms with van der Waals surface area (Å²) in [4.78, 5) is 11.9. The van der Waals surface area contributed by atoms with Gasteiger partial charge in [-0.1, -0.05) is 43.7 Å². The summed E-state index contributed by atoms with van der Waals surface area (Å²) in [6.45, 7) is 2.54. The summed E-state index contributed by atoms with van der Waals surface area (Å²) >= 11 is 0. The third kappa shape index (κ3) is 3.24. The number of rotatable bonds is 4. The molecular weight excluding hydrogens is 248 g/mol. The Hall–Kier alpha value is -1.06. The number of amides is 1. The summed E-state index contributed by atoms with van der Waals surface area (Å²) in [5, 5.41) is 2.96. The molecule has 0 saturated heterocycles. The molecule has 1 aliphatic rings. The molecule has 18 heavy (non-hydrogen) atoms. The van der Waals surface area contributed by atoms with E-state index >= 15 is 0 Å². The van der Waals surface area contributed by atoms with Crippen LogP contribution in [0.2, 0.25) is 0 Å². The van der Waals surface area contributed by atoms with Gasteiger partial charge in [-0.2, -0.15) is 0 Å². The van der Waals surface area contributed by atoms with Crippen LogP contribution >= 0.6 is 12.4 Å². The highest BCUT2D eigenvalue weighted by Gasteiger charge is 2.39. The Morgan fingerprint density at radius 1 is 1.39 bits per heavy atom. The number of hydrogen-bond donors (Lipinski definition) is 2. The van der Waals surface area contributed by atoms with Crippen molar-refractivity contribution in [1.29, 1.82) is 0 Å². The molecule has 0 aromatic heterocycles. The van der Waals surface area contributed by atoms with Crippen LogP contribution in [0.5, 0.6) is 0 Å². The van der Waals surface area contributed by atoms with Crippen molar-refractivity contribution in [1.82, 2.24) is 5.32 Å². The van der Waals surface area contributed by atoms with Gasteiger partial charge in [-0.15, -0.1) is 12.4 Å². The molecule has 100 valence electrons. The molecule has 3 nitrogen and oxygen atoms in total. The molecule has 0 heterocycles. The van der Waals surface area contributed by atoms with Gasteiger partial charge in [-0.25, -0.2) is 0 Å². The molecule has 0 spiro atoms. The Kier molecular flexibility index (Phi) is 5.17. The predicted molar refractivity (Wildman–Crippen MR) is 75.6 cm³/mol. The van der Waals surface area contributed by atoms with Crippen molar-refractivity contribution in [3.8, 4) is 0 Å². The van der Waals surface area contributed by atoms with Gasteiger partial charge in [0.1, 0.15) is 0 Å². The second-order valence-corrected chi connectivity index (χ2v) is 5.14. The van der Waals surface area contributed by atoms with Crippen molar-refractivity contribution >= 4 is 18.3 Å². The maximum atomic E-state index is 11.9. The second-order valence-electron chi connectivity index (χ2n) is 5.14. The van der Waals surface area contributed by atoms with E-state index in [0.717, 1.165) is 24.8 Å². The first-order chi connectivity index (χ1) is 8.12. The lowest BCUT2D eigenvalue weighted by atomic mass is 9.70. The maximum absolute atomic E-state index is 11.9. The van der Waals surface area contributed by atoms with E-state index in [1.165, 1.54) is 0 Å². The minimum Gasteiger partial charge on any atom is -0.354 e. The molecule has 0 bridgehead atoms. The summed E-state index contributed by atoms with van der Waals surface area (Å²) in [6.07, 6.45) is 3.16. The standard InChI is InChI=1S/C14H20N2O.ClH/c1-14(8-5-9-14)13(17)16-10-12(15)11-6-3-2-4-7-11;/h2-4,6-7,12H,5,8-10,15H2,1H3,(H,16,17);1H. The summed E-state index contributed by atoms with van der Waals surface area (Å²) in [6, 6.07) is 9.74. The minimum absolute atomic E-state index is 0.